The maximum atomic E-state index is 11.5. The molecular formula is C12H21NO4S. The summed E-state index contributed by atoms with van der Waals surface area (Å²) in [6.45, 7) is 5.62. The van der Waals surface area contributed by atoms with E-state index >= 15 is 0 Å². The third-order valence-corrected chi connectivity index (χ3v) is 3.20. The Bertz CT molecular complexity index is 267. The lowest BCUT2D eigenvalue weighted by Crippen LogP contribution is -2.33. The van der Waals surface area contributed by atoms with Crippen molar-refractivity contribution in [3.05, 3.63) is 0 Å². The van der Waals surface area contributed by atoms with E-state index in [2.05, 4.69) is 0 Å². The van der Waals surface area contributed by atoms with Crippen LogP contribution in [0.2, 0.25) is 0 Å². The smallest absolute Gasteiger partial charge is 0.248 e. The zero-order valence-corrected chi connectivity index (χ0v) is 11.8. The second-order valence-corrected chi connectivity index (χ2v) is 4.70. The minimum absolute atomic E-state index is 0.0132. The molecular weight excluding hydrogens is 254 g/mol. The van der Waals surface area contributed by atoms with Crippen molar-refractivity contribution in [2.24, 2.45) is 0 Å². The molecule has 0 aliphatic carbocycles. The number of carbonyl (C=O) groups is 3. The predicted octanol–water partition coefficient (Wildman–Crippen LogP) is 1.11. The van der Waals surface area contributed by atoms with Crippen LogP contribution in [0.5, 0.6) is 0 Å². The number of nitrogens with zero attached hydrogens (tertiary/aromatic N) is 1. The molecule has 0 N–H and O–H groups in total. The van der Waals surface area contributed by atoms with Gasteiger partial charge in [-0.05, 0) is 13.8 Å². The highest BCUT2D eigenvalue weighted by Crippen LogP contribution is 2.06. The molecule has 104 valence electrons. The summed E-state index contributed by atoms with van der Waals surface area (Å²) in [5, 5.41) is -0.0132. The molecule has 5 nitrogen and oxygen atoms in total. The number of thioether (sulfide) groups is 1. The third-order valence-electron chi connectivity index (χ3n) is 2.30. The Kier molecular flexibility index (Phi) is 10.7. The van der Waals surface area contributed by atoms with E-state index in [0.29, 0.717) is 25.4 Å². The molecule has 0 unspecified atom stereocenters. The number of amides is 1. The lowest BCUT2D eigenvalue weighted by atomic mass is 10.4. The molecule has 6 heteroatoms. The fraction of sp³-hybridized carbons (Fsp3) is 0.750. The van der Waals surface area contributed by atoms with Gasteiger partial charge in [-0.15, -0.1) is 0 Å². The Hall–Kier alpha value is -0.880. The largest absolute Gasteiger partial charge is 0.371 e. The summed E-state index contributed by atoms with van der Waals surface area (Å²) in [6.07, 6.45) is 1.28. The molecule has 0 aromatic rings. The van der Waals surface area contributed by atoms with Crippen molar-refractivity contribution in [2.45, 2.75) is 26.7 Å². The highest BCUT2D eigenvalue weighted by Gasteiger charge is 2.09. The van der Waals surface area contributed by atoms with Crippen LogP contribution < -0.4 is 0 Å². The van der Waals surface area contributed by atoms with E-state index in [1.807, 2.05) is 13.8 Å². The van der Waals surface area contributed by atoms with Crippen molar-refractivity contribution in [1.29, 1.82) is 0 Å². The molecule has 1 amide bonds. The van der Waals surface area contributed by atoms with Gasteiger partial charge in [-0.1, -0.05) is 11.8 Å². The Morgan fingerprint density at radius 1 is 1.28 bits per heavy atom. The maximum Gasteiger partial charge on any atom is 0.248 e. The van der Waals surface area contributed by atoms with Crippen LogP contribution >= 0.6 is 11.8 Å². The number of carbonyl (C=O) groups excluding carboxylic acids is 3. The monoisotopic (exact) mass is 275 g/mol. The van der Waals surface area contributed by atoms with E-state index in [0.717, 1.165) is 18.0 Å². The van der Waals surface area contributed by atoms with Gasteiger partial charge in [0.05, 0.1) is 6.61 Å². The molecule has 0 atom stereocenters. The molecule has 0 heterocycles. The third kappa shape index (κ3) is 8.25. The van der Waals surface area contributed by atoms with Crippen LogP contribution in [0.1, 0.15) is 26.7 Å². The fourth-order valence-corrected chi connectivity index (χ4v) is 1.98. The molecule has 0 aliphatic heterocycles. The summed E-state index contributed by atoms with van der Waals surface area (Å²) in [5.74, 6) is 0.487. The summed E-state index contributed by atoms with van der Waals surface area (Å²) >= 11 is 1.14. The van der Waals surface area contributed by atoms with Gasteiger partial charge in [0, 0.05) is 31.7 Å². The predicted molar refractivity (Wildman–Crippen MR) is 71.5 cm³/mol. The first kappa shape index (κ1) is 17.1. The number of aldehydes is 1. The molecule has 0 bridgehead atoms. The average molecular weight is 275 g/mol. The molecule has 0 aromatic heterocycles. The normalized spacial score (nSPS) is 10.1. The van der Waals surface area contributed by atoms with Crippen LogP contribution in [0.15, 0.2) is 0 Å². The van der Waals surface area contributed by atoms with Crippen molar-refractivity contribution >= 4 is 29.1 Å². The molecule has 0 rings (SSSR count). The van der Waals surface area contributed by atoms with Crippen molar-refractivity contribution in [2.75, 3.05) is 32.1 Å². The highest BCUT2D eigenvalue weighted by atomic mass is 32.2. The Morgan fingerprint density at radius 2 is 1.94 bits per heavy atom. The van der Waals surface area contributed by atoms with Gasteiger partial charge in [-0.2, -0.15) is 0 Å². The van der Waals surface area contributed by atoms with Crippen LogP contribution in [-0.2, 0) is 19.1 Å². The number of hydrogen-bond donors (Lipinski definition) is 0. The molecule has 0 fully saturated rings. The lowest BCUT2D eigenvalue weighted by Gasteiger charge is -2.18. The van der Waals surface area contributed by atoms with Crippen LogP contribution in [0.3, 0.4) is 0 Å². The van der Waals surface area contributed by atoms with Gasteiger partial charge < -0.3 is 14.4 Å². The van der Waals surface area contributed by atoms with Gasteiger partial charge >= 0.3 is 0 Å². The lowest BCUT2D eigenvalue weighted by molar-refractivity contribution is -0.135. The van der Waals surface area contributed by atoms with E-state index < -0.39 is 0 Å². The minimum Gasteiger partial charge on any atom is -0.371 e. The van der Waals surface area contributed by atoms with Gasteiger partial charge in [-0.3, -0.25) is 9.59 Å². The van der Waals surface area contributed by atoms with E-state index in [1.54, 1.807) is 4.90 Å². The molecule has 18 heavy (non-hydrogen) atoms. The molecule has 0 aliphatic rings. The van der Waals surface area contributed by atoms with Crippen molar-refractivity contribution < 1.29 is 19.1 Å². The summed E-state index contributed by atoms with van der Waals surface area (Å²) in [6, 6.07) is 0. The van der Waals surface area contributed by atoms with E-state index in [-0.39, 0.29) is 30.5 Å². The molecule has 0 spiro atoms. The average Bonchev–Trinajstić information content (AvgIpc) is 2.37. The van der Waals surface area contributed by atoms with E-state index in [1.165, 1.54) is 0 Å². The van der Waals surface area contributed by atoms with E-state index in [4.69, 9.17) is 4.74 Å². The Labute approximate surface area is 112 Å². The second-order valence-electron chi connectivity index (χ2n) is 3.54. The number of ether oxygens (including phenoxy) is 1. The Balaban J connectivity index is 3.53. The van der Waals surface area contributed by atoms with Gasteiger partial charge in [0.25, 0.3) is 0 Å². The quantitative estimate of drug-likeness (QED) is 0.441. The van der Waals surface area contributed by atoms with Crippen LogP contribution in [-0.4, -0.2) is 54.3 Å². The minimum atomic E-state index is -0.0303. The summed E-state index contributed by atoms with van der Waals surface area (Å²) in [7, 11) is 0. The topological polar surface area (TPSA) is 63.7 Å². The van der Waals surface area contributed by atoms with Crippen LogP contribution in [0.25, 0.3) is 0 Å². The zero-order chi connectivity index (χ0) is 13.8. The van der Waals surface area contributed by atoms with Crippen molar-refractivity contribution in [3.8, 4) is 0 Å². The first-order chi connectivity index (χ1) is 8.65. The van der Waals surface area contributed by atoms with Crippen LogP contribution in [0.4, 0.5) is 0 Å². The second kappa shape index (κ2) is 11.2. The number of rotatable bonds is 10. The molecule has 0 saturated carbocycles. The van der Waals surface area contributed by atoms with Crippen molar-refractivity contribution in [1.82, 2.24) is 4.90 Å². The molecule has 0 saturated heterocycles. The molecule has 0 radical (unpaired) electrons. The first-order valence-corrected chi connectivity index (χ1v) is 7.09. The SMILES string of the molecule is CCN(CC)C(=O)COCCSC(=O)CCC=O. The molecule has 0 aromatic carbocycles. The standard InChI is InChI=1S/C12H21NO4S/c1-3-13(4-2)11(15)10-17-8-9-18-12(16)6-5-7-14/h7H,3-6,8-10H2,1-2H3. The van der Waals surface area contributed by atoms with Gasteiger partial charge in [0.15, 0.2) is 5.12 Å². The maximum absolute atomic E-state index is 11.5. The fourth-order valence-electron chi connectivity index (χ4n) is 1.29. The van der Waals surface area contributed by atoms with Gasteiger partial charge in [0.2, 0.25) is 5.91 Å². The first-order valence-electron chi connectivity index (χ1n) is 6.10. The van der Waals surface area contributed by atoms with Crippen molar-refractivity contribution in [3.63, 3.8) is 0 Å². The Morgan fingerprint density at radius 3 is 2.50 bits per heavy atom. The summed E-state index contributed by atoms with van der Waals surface area (Å²) in [5.41, 5.74) is 0. The van der Waals surface area contributed by atoms with Crippen LogP contribution in [0, 0.1) is 0 Å². The highest BCUT2D eigenvalue weighted by molar-refractivity contribution is 8.13. The summed E-state index contributed by atoms with van der Waals surface area (Å²) < 4.78 is 5.20. The van der Waals surface area contributed by atoms with E-state index in [9.17, 15) is 14.4 Å². The summed E-state index contributed by atoms with van der Waals surface area (Å²) in [4.78, 5) is 34.5. The van der Waals surface area contributed by atoms with Gasteiger partial charge in [0.1, 0.15) is 12.9 Å². The number of hydrogen-bond acceptors (Lipinski definition) is 5. The van der Waals surface area contributed by atoms with Gasteiger partial charge in [-0.25, -0.2) is 0 Å². The number of likely N-dealkylation sites (N-methyl/N-ethyl adjacent to an activating group) is 1. The zero-order valence-electron chi connectivity index (χ0n) is 11.0.